The first-order chi connectivity index (χ1) is 7.43. The lowest BCUT2D eigenvalue weighted by molar-refractivity contribution is -0.126. The number of carbonyl (C=O) groups excluding carboxylic acids is 1. The number of hydrogen-bond acceptors (Lipinski definition) is 3. The summed E-state index contributed by atoms with van der Waals surface area (Å²) < 4.78 is 30.3. The molecule has 0 heterocycles. The summed E-state index contributed by atoms with van der Waals surface area (Å²) in [5, 5.41) is 2.64. The molecule has 0 saturated carbocycles. The zero-order chi connectivity index (χ0) is 13.9. The van der Waals surface area contributed by atoms with Gasteiger partial charge in [0.1, 0.15) is 0 Å². The second-order valence-corrected chi connectivity index (χ2v) is 7.08. The largest absolute Gasteiger partial charge is 0.350 e. The molecule has 0 aliphatic heterocycles. The summed E-state index contributed by atoms with van der Waals surface area (Å²) in [6.07, 6.45) is 0.744. The van der Waals surface area contributed by atoms with Crippen LogP contribution in [0.3, 0.4) is 0 Å². The molecular formula is C11H23NO4S. The average Bonchev–Trinajstić information content (AvgIpc) is 1.95. The van der Waals surface area contributed by atoms with Crippen LogP contribution in [0.15, 0.2) is 0 Å². The molecule has 0 radical (unpaired) electrons. The SMILES string of the molecule is CC(C)C[C@@H](C)C(=O)NC(C)(C)CS(=O)(=O)O. The topological polar surface area (TPSA) is 83.5 Å². The highest BCUT2D eigenvalue weighted by Gasteiger charge is 2.28. The molecule has 6 heteroatoms. The Morgan fingerprint density at radius 3 is 2.12 bits per heavy atom. The van der Waals surface area contributed by atoms with Crippen molar-refractivity contribution in [2.24, 2.45) is 11.8 Å². The van der Waals surface area contributed by atoms with Gasteiger partial charge in [0.05, 0.1) is 11.3 Å². The summed E-state index contributed by atoms with van der Waals surface area (Å²) in [5.74, 6) is -0.441. The minimum Gasteiger partial charge on any atom is -0.350 e. The van der Waals surface area contributed by atoms with E-state index in [9.17, 15) is 13.2 Å². The lowest BCUT2D eigenvalue weighted by atomic mass is 9.97. The predicted octanol–water partition coefficient (Wildman–Crippen LogP) is 1.45. The van der Waals surface area contributed by atoms with Crippen molar-refractivity contribution in [2.45, 2.75) is 46.6 Å². The van der Waals surface area contributed by atoms with E-state index in [2.05, 4.69) is 5.32 Å². The van der Waals surface area contributed by atoms with Crippen molar-refractivity contribution in [1.29, 1.82) is 0 Å². The first-order valence-corrected chi connectivity index (χ1v) is 7.31. The fourth-order valence-corrected chi connectivity index (χ4v) is 2.75. The lowest BCUT2D eigenvalue weighted by Crippen LogP contribution is -2.50. The Balaban J connectivity index is 4.46. The molecule has 2 N–H and O–H groups in total. The van der Waals surface area contributed by atoms with Gasteiger partial charge in [0, 0.05) is 5.92 Å². The molecule has 0 unspecified atom stereocenters. The van der Waals surface area contributed by atoms with Gasteiger partial charge in [0.2, 0.25) is 5.91 Å². The fourth-order valence-electron chi connectivity index (χ4n) is 1.76. The lowest BCUT2D eigenvalue weighted by Gasteiger charge is -2.27. The van der Waals surface area contributed by atoms with Gasteiger partial charge in [-0.2, -0.15) is 8.42 Å². The predicted molar refractivity (Wildman–Crippen MR) is 67.3 cm³/mol. The smallest absolute Gasteiger partial charge is 0.267 e. The van der Waals surface area contributed by atoms with Crippen molar-refractivity contribution in [3.63, 3.8) is 0 Å². The summed E-state index contributed by atoms with van der Waals surface area (Å²) >= 11 is 0. The van der Waals surface area contributed by atoms with Crippen LogP contribution in [-0.4, -0.2) is 30.2 Å². The van der Waals surface area contributed by atoms with E-state index in [4.69, 9.17) is 4.55 Å². The monoisotopic (exact) mass is 265 g/mol. The van der Waals surface area contributed by atoms with E-state index >= 15 is 0 Å². The number of rotatable bonds is 6. The summed E-state index contributed by atoms with van der Waals surface area (Å²) in [6.45, 7) is 8.99. The first kappa shape index (κ1) is 16.4. The third-order valence-corrected chi connectivity index (χ3v) is 3.36. The van der Waals surface area contributed by atoms with E-state index in [0.29, 0.717) is 5.92 Å². The van der Waals surface area contributed by atoms with E-state index in [1.165, 1.54) is 0 Å². The Labute approximate surface area is 104 Å². The molecule has 0 rings (SSSR count). The van der Waals surface area contributed by atoms with Crippen LogP contribution < -0.4 is 5.32 Å². The molecule has 5 nitrogen and oxygen atoms in total. The van der Waals surface area contributed by atoms with Crippen molar-refractivity contribution < 1.29 is 17.8 Å². The summed E-state index contributed by atoms with van der Waals surface area (Å²) in [5.41, 5.74) is -0.962. The summed E-state index contributed by atoms with van der Waals surface area (Å²) in [4.78, 5) is 11.8. The van der Waals surface area contributed by atoms with Gasteiger partial charge >= 0.3 is 0 Å². The highest BCUT2D eigenvalue weighted by molar-refractivity contribution is 7.85. The number of carbonyl (C=O) groups is 1. The zero-order valence-corrected chi connectivity index (χ0v) is 12.0. The van der Waals surface area contributed by atoms with Crippen LogP contribution in [0.2, 0.25) is 0 Å². The molecule has 0 bridgehead atoms. The molecule has 102 valence electrons. The number of nitrogens with one attached hydrogen (secondary N) is 1. The van der Waals surface area contributed by atoms with Gasteiger partial charge in [-0.25, -0.2) is 0 Å². The number of hydrogen-bond donors (Lipinski definition) is 2. The van der Waals surface area contributed by atoms with Crippen molar-refractivity contribution in [3.8, 4) is 0 Å². The van der Waals surface area contributed by atoms with E-state index < -0.39 is 21.4 Å². The van der Waals surface area contributed by atoms with Crippen LogP contribution >= 0.6 is 0 Å². The molecule has 1 atom stereocenters. The minimum absolute atomic E-state index is 0.171. The van der Waals surface area contributed by atoms with E-state index in [0.717, 1.165) is 6.42 Å². The van der Waals surface area contributed by atoms with Gasteiger partial charge < -0.3 is 5.32 Å². The zero-order valence-electron chi connectivity index (χ0n) is 11.1. The molecule has 0 aromatic carbocycles. The van der Waals surface area contributed by atoms with Gasteiger partial charge in [-0.3, -0.25) is 9.35 Å². The Morgan fingerprint density at radius 2 is 1.76 bits per heavy atom. The van der Waals surface area contributed by atoms with Gasteiger partial charge in [-0.15, -0.1) is 0 Å². The van der Waals surface area contributed by atoms with E-state index in [1.807, 2.05) is 13.8 Å². The van der Waals surface area contributed by atoms with Crippen molar-refractivity contribution in [1.82, 2.24) is 5.32 Å². The maximum Gasteiger partial charge on any atom is 0.267 e. The molecule has 0 aliphatic carbocycles. The van der Waals surface area contributed by atoms with Crippen LogP contribution in [0.1, 0.15) is 41.0 Å². The Morgan fingerprint density at radius 1 is 1.29 bits per heavy atom. The van der Waals surface area contributed by atoms with Gasteiger partial charge in [0.15, 0.2) is 0 Å². The maximum absolute atomic E-state index is 11.8. The Bertz CT molecular complexity index is 360. The van der Waals surface area contributed by atoms with Crippen LogP contribution in [0.25, 0.3) is 0 Å². The molecule has 0 spiro atoms. The van der Waals surface area contributed by atoms with Gasteiger partial charge in [-0.1, -0.05) is 20.8 Å². The molecule has 1 amide bonds. The van der Waals surface area contributed by atoms with Crippen LogP contribution in [0.5, 0.6) is 0 Å². The average molecular weight is 265 g/mol. The Hall–Kier alpha value is -0.620. The highest BCUT2D eigenvalue weighted by Crippen LogP contribution is 2.13. The van der Waals surface area contributed by atoms with Crippen molar-refractivity contribution >= 4 is 16.0 Å². The highest BCUT2D eigenvalue weighted by atomic mass is 32.2. The minimum atomic E-state index is -4.09. The number of amides is 1. The van der Waals surface area contributed by atoms with E-state index in [1.54, 1.807) is 20.8 Å². The quantitative estimate of drug-likeness (QED) is 0.712. The second kappa shape index (κ2) is 5.82. The maximum atomic E-state index is 11.8. The van der Waals surface area contributed by atoms with Crippen molar-refractivity contribution in [3.05, 3.63) is 0 Å². The normalized spacial score (nSPS) is 14.8. The first-order valence-electron chi connectivity index (χ1n) is 5.70. The van der Waals surface area contributed by atoms with Crippen LogP contribution in [0, 0.1) is 11.8 Å². The third-order valence-electron chi connectivity index (χ3n) is 2.28. The summed E-state index contributed by atoms with van der Waals surface area (Å²) in [6, 6.07) is 0. The summed E-state index contributed by atoms with van der Waals surface area (Å²) in [7, 11) is -4.09. The van der Waals surface area contributed by atoms with Crippen LogP contribution in [0.4, 0.5) is 0 Å². The van der Waals surface area contributed by atoms with Gasteiger partial charge in [-0.05, 0) is 26.2 Å². The van der Waals surface area contributed by atoms with Crippen LogP contribution in [-0.2, 0) is 14.9 Å². The fraction of sp³-hybridized carbons (Fsp3) is 0.909. The van der Waals surface area contributed by atoms with Crippen molar-refractivity contribution in [2.75, 3.05) is 5.75 Å². The molecule has 17 heavy (non-hydrogen) atoms. The molecular weight excluding hydrogens is 242 g/mol. The second-order valence-electron chi connectivity index (χ2n) is 5.63. The standard InChI is InChI=1S/C11H23NO4S/c1-8(2)6-9(3)10(13)12-11(4,5)7-17(14,15)16/h8-9H,6-7H2,1-5H3,(H,12,13)(H,14,15,16)/t9-/m1/s1. The molecule has 0 aliphatic rings. The molecule has 0 fully saturated rings. The molecule has 0 saturated heterocycles. The van der Waals surface area contributed by atoms with E-state index in [-0.39, 0.29) is 11.8 Å². The Kier molecular flexibility index (Phi) is 5.61. The molecule has 0 aromatic rings. The molecule has 0 aromatic heterocycles. The van der Waals surface area contributed by atoms with Gasteiger partial charge in [0.25, 0.3) is 10.1 Å². The third kappa shape index (κ3) is 8.15.